The molecule has 3 saturated carbocycles. The maximum atomic E-state index is 14.3. The van der Waals surface area contributed by atoms with E-state index in [1.165, 1.54) is 24.3 Å². The molecule has 2 aromatic rings. The molecule has 0 radical (unpaired) electrons. The summed E-state index contributed by atoms with van der Waals surface area (Å²) in [6, 6.07) is 11.6. The summed E-state index contributed by atoms with van der Waals surface area (Å²) in [5.41, 5.74) is 0.413. The molecule has 3 unspecified atom stereocenters. The van der Waals surface area contributed by atoms with E-state index in [4.69, 9.17) is 9.31 Å². The molecular formula is C35H46BFN4O6. The van der Waals surface area contributed by atoms with Gasteiger partial charge in [0.05, 0.1) is 23.7 Å². The molecule has 2 bridgehead atoms. The van der Waals surface area contributed by atoms with Crippen molar-refractivity contribution in [1.82, 2.24) is 21.3 Å². The highest BCUT2D eigenvalue weighted by Crippen LogP contribution is 2.65. The predicted octanol–water partition coefficient (Wildman–Crippen LogP) is 3.20. The van der Waals surface area contributed by atoms with Gasteiger partial charge in [0.2, 0.25) is 17.7 Å². The average Bonchev–Trinajstić information content (AvgIpc) is 3.38. The number of nitrogens with one attached hydrogen (secondary N) is 4. The monoisotopic (exact) mass is 648 g/mol. The van der Waals surface area contributed by atoms with Gasteiger partial charge < -0.3 is 30.6 Å². The number of rotatable bonds is 12. The van der Waals surface area contributed by atoms with E-state index in [2.05, 4.69) is 42.0 Å². The molecule has 6 rings (SSSR count). The Morgan fingerprint density at radius 1 is 0.894 bits per heavy atom. The van der Waals surface area contributed by atoms with Crippen LogP contribution in [0.3, 0.4) is 0 Å². The Hall–Kier alpha value is -3.77. The van der Waals surface area contributed by atoms with Gasteiger partial charge in [-0.3, -0.25) is 19.2 Å². The molecule has 0 aromatic heterocycles. The van der Waals surface area contributed by atoms with E-state index in [0.29, 0.717) is 11.8 Å². The van der Waals surface area contributed by atoms with Gasteiger partial charge in [-0.1, -0.05) is 70.2 Å². The zero-order valence-electron chi connectivity index (χ0n) is 28.0. The van der Waals surface area contributed by atoms with Crippen LogP contribution in [0.1, 0.15) is 70.3 Å². The van der Waals surface area contributed by atoms with Crippen molar-refractivity contribution in [2.45, 2.75) is 90.6 Å². The van der Waals surface area contributed by atoms with Gasteiger partial charge in [-0.25, -0.2) is 4.39 Å². The van der Waals surface area contributed by atoms with Crippen molar-refractivity contribution >= 4 is 30.7 Å². The predicted molar refractivity (Wildman–Crippen MR) is 175 cm³/mol. The first-order chi connectivity index (χ1) is 22.2. The molecule has 1 heterocycles. The normalized spacial score (nSPS) is 25.9. The Labute approximate surface area is 276 Å². The molecule has 10 nitrogen and oxygen atoms in total. The van der Waals surface area contributed by atoms with Gasteiger partial charge in [-0.15, -0.1) is 0 Å². The molecule has 12 heteroatoms. The lowest BCUT2D eigenvalue weighted by Gasteiger charge is -2.64. The standard InChI is InChI=1S/C35H46BFN4O6/c1-20(2)29(41-31(43)24-14-10-11-15-25(24)37)33(45)40-26(16-22-12-8-7-9-13-22)32(44)39-21(3)30(42)38-19-36-46-28-18-23-17-27(34(23,4)5)35(28,6)47-36/h7-15,20-21,23,26-29H,16-19H2,1-6H3,(H,38,42)(H,39,44)(H,40,45)(H,41,43)/t21-,23?,26?,27?,28+,29-,35-/m0/s1. The van der Waals surface area contributed by atoms with Gasteiger partial charge in [0.15, 0.2) is 0 Å². The van der Waals surface area contributed by atoms with Crippen molar-refractivity contribution in [2.24, 2.45) is 23.2 Å². The van der Waals surface area contributed by atoms with Gasteiger partial charge in [-0.2, -0.15) is 0 Å². The van der Waals surface area contributed by atoms with E-state index in [0.717, 1.165) is 18.4 Å². The van der Waals surface area contributed by atoms with E-state index in [1.807, 2.05) is 30.3 Å². The van der Waals surface area contributed by atoms with Gasteiger partial charge in [-0.05, 0) is 67.6 Å². The fourth-order valence-corrected chi connectivity index (χ4v) is 7.47. The maximum Gasteiger partial charge on any atom is 0.478 e. The Bertz CT molecular complexity index is 1490. The summed E-state index contributed by atoms with van der Waals surface area (Å²) < 4.78 is 26.8. The van der Waals surface area contributed by atoms with Crippen LogP contribution in [0, 0.1) is 29.0 Å². The Balaban J connectivity index is 1.19. The Morgan fingerprint density at radius 3 is 2.23 bits per heavy atom. The van der Waals surface area contributed by atoms with E-state index in [1.54, 1.807) is 20.8 Å². The lowest BCUT2D eigenvalue weighted by atomic mass is 9.43. The molecule has 4 N–H and O–H groups in total. The molecule has 47 heavy (non-hydrogen) atoms. The summed E-state index contributed by atoms with van der Waals surface area (Å²) in [6.45, 7) is 11.7. The zero-order chi connectivity index (χ0) is 34.1. The molecule has 1 saturated heterocycles. The van der Waals surface area contributed by atoms with E-state index >= 15 is 0 Å². The van der Waals surface area contributed by atoms with Crippen molar-refractivity contribution in [2.75, 3.05) is 6.44 Å². The molecule has 0 spiro atoms. The number of halogens is 1. The van der Waals surface area contributed by atoms with Gasteiger partial charge in [0, 0.05) is 6.42 Å². The summed E-state index contributed by atoms with van der Waals surface area (Å²) in [5.74, 6) is -2.41. The van der Waals surface area contributed by atoms with Gasteiger partial charge in [0.1, 0.15) is 23.9 Å². The van der Waals surface area contributed by atoms with Crippen molar-refractivity contribution in [3.05, 3.63) is 71.5 Å². The molecule has 252 valence electrons. The first-order valence-electron chi connectivity index (χ1n) is 16.5. The minimum atomic E-state index is -1.06. The van der Waals surface area contributed by atoms with Crippen molar-refractivity contribution in [3.63, 3.8) is 0 Å². The van der Waals surface area contributed by atoms with Crippen molar-refractivity contribution < 1.29 is 32.9 Å². The van der Waals surface area contributed by atoms with Crippen molar-refractivity contribution in [3.8, 4) is 0 Å². The van der Waals surface area contributed by atoms with Crippen LogP contribution in [0.5, 0.6) is 0 Å². The minimum Gasteiger partial charge on any atom is -0.404 e. The van der Waals surface area contributed by atoms with Crippen LogP contribution in [-0.2, 0) is 30.1 Å². The van der Waals surface area contributed by atoms with Crippen LogP contribution in [0.2, 0.25) is 0 Å². The number of hydrogen-bond acceptors (Lipinski definition) is 6. The smallest absolute Gasteiger partial charge is 0.404 e. The van der Waals surface area contributed by atoms with Crippen molar-refractivity contribution in [1.29, 1.82) is 0 Å². The van der Waals surface area contributed by atoms with Gasteiger partial charge in [0.25, 0.3) is 5.91 Å². The highest BCUT2D eigenvalue weighted by molar-refractivity contribution is 6.46. The number of benzene rings is 2. The fraction of sp³-hybridized carbons (Fsp3) is 0.543. The highest BCUT2D eigenvalue weighted by atomic mass is 19.1. The third kappa shape index (κ3) is 7.23. The number of carbonyl (C=O) groups excluding carboxylic acids is 4. The molecule has 3 aliphatic carbocycles. The third-order valence-corrected chi connectivity index (χ3v) is 10.5. The highest BCUT2D eigenvalue weighted by Gasteiger charge is 2.67. The summed E-state index contributed by atoms with van der Waals surface area (Å²) in [7, 11) is -0.579. The zero-order valence-corrected chi connectivity index (χ0v) is 28.0. The first-order valence-corrected chi connectivity index (χ1v) is 16.5. The number of hydrogen-bond donors (Lipinski definition) is 4. The molecule has 4 amide bonds. The van der Waals surface area contributed by atoms with Crippen LogP contribution < -0.4 is 21.3 Å². The Morgan fingerprint density at radius 2 is 1.57 bits per heavy atom. The quantitative estimate of drug-likeness (QED) is 0.261. The maximum absolute atomic E-state index is 14.3. The van der Waals surface area contributed by atoms with E-state index in [9.17, 15) is 23.6 Å². The second kappa shape index (κ2) is 13.8. The van der Waals surface area contributed by atoms with Gasteiger partial charge >= 0.3 is 7.12 Å². The first kappa shape index (κ1) is 34.6. The largest absolute Gasteiger partial charge is 0.478 e. The summed E-state index contributed by atoms with van der Waals surface area (Å²) >= 11 is 0. The van der Waals surface area contributed by atoms with Crippen LogP contribution in [0.4, 0.5) is 4.39 Å². The molecule has 2 aromatic carbocycles. The number of amides is 4. The fourth-order valence-electron chi connectivity index (χ4n) is 7.47. The van der Waals surface area contributed by atoms with Crippen LogP contribution in [0.25, 0.3) is 0 Å². The molecule has 7 atom stereocenters. The SMILES string of the molecule is CC(C)[C@H](NC(=O)c1ccccc1F)C(=O)NC(Cc1ccccc1)C(=O)N[C@@H](C)C(=O)NCB1O[C@@H]2CC3CC(C3(C)C)[C@]2(C)O1. The minimum absolute atomic E-state index is 0.00757. The third-order valence-electron chi connectivity index (χ3n) is 10.5. The Kier molecular flexibility index (Phi) is 10.1. The number of carbonyl (C=O) groups is 4. The summed E-state index contributed by atoms with van der Waals surface area (Å²) in [4.78, 5) is 53.0. The molecular weight excluding hydrogens is 602 g/mol. The van der Waals surface area contributed by atoms with E-state index < -0.39 is 54.7 Å². The van der Waals surface area contributed by atoms with Crippen LogP contribution >= 0.6 is 0 Å². The second-order valence-corrected chi connectivity index (χ2v) is 14.3. The average molecular weight is 649 g/mol. The molecule has 4 fully saturated rings. The van der Waals surface area contributed by atoms with E-state index in [-0.39, 0.29) is 41.5 Å². The summed E-state index contributed by atoms with van der Waals surface area (Å²) in [5, 5.41) is 10.9. The van der Waals surface area contributed by atoms with Crippen LogP contribution in [0.15, 0.2) is 54.6 Å². The summed E-state index contributed by atoms with van der Waals surface area (Å²) in [6.07, 6.45) is 2.34. The van der Waals surface area contributed by atoms with Crippen LogP contribution in [-0.4, -0.2) is 67.0 Å². The molecule has 4 aliphatic rings. The lowest BCUT2D eigenvalue weighted by molar-refractivity contribution is -0.199. The molecule has 1 aliphatic heterocycles. The second-order valence-electron chi connectivity index (χ2n) is 14.3. The lowest BCUT2D eigenvalue weighted by Crippen LogP contribution is -2.65. The topological polar surface area (TPSA) is 135 Å².